The van der Waals surface area contributed by atoms with Gasteiger partial charge in [-0.15, -0.1) is 0 Å². The fourth-order valence-electron chi connectivity index (χ4n) is 6.22. The van der Waals surface area contributed by atoms with Gasteiger partial charge in [-0.05, 0) is 68.2 Å². The van der Waals surface area contributed by atoms with Crippen molar-refractivity contribution in [1.29, 1.82) is 0 Å². The van der Waals surface area contributed by atoms with Gasteiger partial charge >= 0.3 is 0 Å². The Labute approximate surface area is 158 Å². The van der Waals surface area contributed by atoms with Crippen LogP contribution in [0.1, 0.15) is 63.3 Å². The van der Waals surface area contributed by atoms with Gasteiger partial charge in [0.1, 0.15) is 0 Å². The number of nitrogens with one attached hydrogen (secondary N) is 1. The van der Waals surface area contributed by atoms with E-state index in [-0.39, 0.29) is 12.1 Å². The first kappa shape index (κ1) is 18.4. The molecule has 26 heavy (non-hydrogen) atoms. The molecule has 1 aromatic heterocycles. The van der Waals surface area contributed by atoms with Crippen molar-refractivity contribution < 1.29 is 5.11 Å². The molecule has 0 radical (unpaired) electrons. The van der Waals surface area contributed by atoms with E-state index in [2.05, 4.69) is 42.0 Å². The SMILES string of the molecule is CCN1CC2(C[C@@H](O)[C@H](NCc3nccc4c3CCCC4)C2)C1C(C)C. The number of rotatable bonds is 5. The number of aryl methyl sites for hydroxylation is 1. The average Bonchev–Trinajstić information content (AvgIpc) is 2.95. The standard InChI is InChI=1S/C22H35N3O/c1-4-25-14-22(21(25)15(2)3)11-18(20(26)12-22)24-13-19-17-8-6-5-7-16(17)9-10-23-19/h9-10,15,18,20-21,24,26H,4-8,11-14H2,1-3H3/t18-,20-,21?,22?/m1/s1. The molecule has 4 nitrogen and oxygen atoms in total. The molecule has 1 aliphatic heterocycles. The Morgan fingerprint density at radius 2 is 2.12 bits per heavy atom. The predicted octanol–water partition coefficient (Wildman–Crippen LogP) is 2.92. The zero-order valence-electron chi connectivity index (χ0n) is 16.7. The lowest BCUT2D eigenvalue weighted by Crippen LogP contribution is -2.65. The van der Waals surface area contributed by atoms with E-state index in [0.29, 0.717) is 17.4 Å². The third-order valence-corrected chi connectivity index (χ3v) is 7.18. The van der Waals surface area contributed by atoms with E-state index in [1.165, 1.54) is 36.1 Å². The molecule has 0 amide bonds. The molecule has 4 atom stereocenters. The number of likely N-dealkylation sites (tertiary alicyclic amines) is 1. The third-order valence-electron chi connectivity index (χ3n) is 7.18. The van der Waals surface area contributed by atoms with Crippen LogP contribution in [0.5, 0.6) is 0 Å². The largest absolute Gasteiger partial charge is 0.391 e. The van der Waals surface area contributed by atoms with Crippen LogP contribution in [0, 0.1) is 11.3 Å². The van der Waals surface area contributed by atoms with Gasteiger partial charge in [-0.25, -0.2) is 0 Å². The summed E-state index contributed by atoms with van der Waals surface area (Å²) in [5.74, 6) is 0.650. The van der Waals surface area contributed by atoms with E-state index in [1.54, 1.807) is 0 Å². The molecule has 2 aliphatic carbocycles. The van der Waals surface area contributed by atoms with E-state index < -0.39 is 0 Å². The zero-order chi connectivity index (χ0) is 18.3. The maximum Gasteiger partial charge on any atom is 0.0699 e. The summed E-state index contributed by atoms with van der Waals surface area (Å²) in [5, 5.41) is 14.4. The number of pyridine rings is 1. The van der Waals surface area contributed by atoms with E-state index in [9.17, 15) is 5.11 Å². The Morgan fingerprint density at radius 1 is 1.31 bits per heavy atom. The maximum atomic E-state index is 10.8. The molecule has 2 fully saturated rings. The maximum absolute atomic E-state index is 10.8. The molecule has 2 N–H and O–H groups in total. The van der Waals surface area contributed by atoms with Crippen LogP contribution in [-0.4, -0.2) is 46.3 Å². The molecule has 1 aromatic rings. The van der Waals surface area contributed by atoms with Gasteiger partial charge in [-0.1, -0.05) is 20.8 Å². The first-order valence-corrected chi connectivity index (χ1v) is 10.6. The molecule has 1 saturated heterocycles. The van der Waals surface area contributed by atoms with Crippen LogP contribution < -0.4 is 5.32 Å². The van der Waals surface area contributed by atoms with E-state index >= 15 is 0 Å². The molecule has 1 spiro atoms. The van der Waals surface area contributed by atoms with Crippen molar-refractivity contribution in [2.45, 2.75) is 84.0 Å². The van der Waals surface area contributed by atoms with Gasteiger partial charge in [0.15, 0.2) is 0 Å². The summed E-state index contributed by atoms with van der Waals surface area (Å²) in [6.45, 7) is 10.0. The Bertz CT molecular complexity index is 646. The lowest BCUT2D eigenvalue weighted by molar-refractivity contribution is -0.0964. The fraction of sp³-hybridized carbons (Fsp3) is 0.773. The molecular weight excluding hydrogens is 322 g/mol. The van der Waals surface area contributed by atoms with Crippen molar-refractivity contribution in [1.82, 2.24) is 15.2 Å². The summed E-state index contributed by atoms with van der Waals surface area (Å²) in [4.78, 5) is 7.26. The number of fused-ring (bicyclic) bond motifs is 1. The molecule has 4 heteroatoms. The lowest BCUT2D eigenvalue weighted by Gasteiger charge is -2.58. The van der Waals surface area contributed by atoms with Gasteiger partial charge in [-0.3, -0.25) is 9.88 Å². The highest BCUT2D eigenvalue weighted by molar-refractivity contribution is 5.32. The monoisotopic (exact) mass is 357 g/mol. The summed E-state index contributed by atoms with van der Waals surface area (Å²) in [5.41, 5.74) is 4.47. The highest BCUT2D eigenvalue weighted by atomic mass is 16.3. The molecule has 2 heterocycles. The van der Waals surface area contributed by atoms with Gasteiger partial charge in [0.05, 0.1) is 11.8 Å². The fourth-order valence-corrected chi connectivity index (χ4v) is 6.22. The number of aliphatic hydroxyl groups excluding tert-OH is 1. The first-order valence-electron chi connectivity index (χ1n) is 10.6. The summed E-state index contributed by atoms with van der Waals surface area (Å²) < 4.78 is 0. The number of aliphatic hydroxyl groups is 1. The highest BCUT2D eigenvalue weighted by Crippen LogP contribution is 2.52. The minimum atomic E-state index is -0.227. The Hall–Kier alpha value is -0.970. The number of nitrogens with zero attached hydrogens (tertiary/aromatic N) is 2. The quantitative estimate of drug-likeness (QED) is 0.851. The van der Waals surface area contributed by atoms with Crippen molar-refractivity contribution >= 4 is 0 Å². The summed E-state index contributed by atoms with van der Waals surface area (Å²) in [7, 11) is 0. The van der Waals surface area contributed by atoms with Gasteiger partial charge in [-0.2, -0.15) is 0 Å². The normalized spacial score (nSPS) is 34.3. The molecule has 1 saturated carbocycles. The zero-order valence-corrected chi connectivity index (χ0v) is 16.7. The van der Waals surface area contributed by atoms with E-state index in [4.69, 9.17) is 0 Å². The minimum absolute atomic E-state index is 0.205. The van der Waals surface area contributed by atoms with E-state index in [1.807, 2.05) is 6.20 Å². The van der Waals surface area contributed by atoms with Crippen molar-refractivity contribution in [3.63, 3.8) is 0 Å². The van der Waals surface area contributed by atoms with Crippen LogP contribution in [-0.2, 0) is 19.4 Å². The Kier molecular flexibility index (Phi) is 5.10. The second kappa shape index (κ2) is 7.21. The average molecular weight is 358 g/mol. The number of hydrogen-bond donors (Lipinski definition) is 2. The van der Waals surface area contributed by atoms with E-state index in [0.717, 1.165) is 38.9 Å². The smallest absolute Gasteiger partial charge is 0.0699 e. The third kappa shape index (κ3) is 3.10. The topological polar surface area (TPSA) is 48.4 Å². The van der Waals surface area contributed by atoms with Gasteiger partial charge in [0.25, 0.3) is 0 Å². The van der Waals surface area contributed by atoms with Crippen LogP contribution in [0.15, 0.2) is 12.3 Å². The second-order valence-corrected chi connectivity index (χ2v) is 9.18. The summed E-state index contributed by atoms with van der Waals surface area (Å²) in [6, 6.07) is 3.02. The van der Waals surface area contributed by atoms with Crippen LogP contribution in [0.25, 0.3) is 0 Å². The van der Waals surface area contributed by atoms with Gasteiger partial charge < -0.3 is 10.4 Å². The summed E-state index contributed by atoms with van der Waals surface area (Å²) >= 11 is 0. The molecule has 4 rings (SSSR count). The van der Waals surface area contributed by atoms with Crippen molar-refractivity contribution in [2.75, 3.05) is 13.1 Å². The van der Waals surface area contributed by atoms with Crippen molar-refractivity contribution in [3.8, 4) is 0 Å². The molecular formula is C22H35N3O. The second-order valence-electron chi connectivity index (χ2n) is 9.18. The Morgan fingerprint density at radius 3 is 2.88 bits per heavy atom. The molecule has 3 aliphatic rings. The molecule has 2 unspecified atom stereocenters. The van der Waals surface area contributed by atoms with Gasteiger partial charge in [0.2, 0.25) is 0 Å². The van der Waals surface area contributed by atoms with Crippen LogP contribution in [0.4, 0.5) is 0 Å². The molecule has 144 valence electrons. The number of aromatic nitrogens is 1. The van der Waals surface area contributed by atoms with Crippen LogP contribution >= 0.6 is 0 Å². The summed E-state index contributed by atoms with van der Waals surface area (Å²) in [6.07, 6.45) is 8.73. The van der Waals surface area contributed by atoms with Crippen LogP contribution in [0.2, 0.25) is 0 Å². The van der Waals surface area contributed by atoms with Crippen LogP contribution in [0.3, 0.4) is 0 Å². The Balaban J connectivity index is 1.43. The molecule has 0 bridgehead atoms. The first-order chi connectivity index (χ1) is 12.5. The molecule has 0 aromatic carbocycles. The predicted molar refractivity (Wildman–Crippen MR) is 105 cm³/mol. The lowest BCUT2D eigenvalue weighted by atomic mass is 9.65. The van der Waals surface area contributed by atoms with Crippen molar-refractivity contribution in [2.24, 2.45) is 11.3 Å². The van der Waals surface area contributed by atoms with Gasteiger partial charge in [0, 0.05) is 36.8 Å². The minimum Gasteiger partial charge on any atom is -0.391 e. The highest BCUT2D eigenvalue weighted by Gasteiger charge is 2.58. The van der Waals surface area contributed by atoms with Crippen molar-refractivity contribution in [3.05, 3.63) is 29.1 Å². The number of hydrogen-bond acceptors (Lipinski definition) is 4.